The smallest absolute Gasteiger partial charge is 0.119 e. The lowest BCUT2D eigenvalue weighted by molar-refractivity contribution is 0.117. The molecular weight excluding hydrogens is 354 g/mol. The third-order valence-corrected chi connectivity index (χ3v) is 3.78. The first-order valence-electron chi connectivity index (χ1n) is 6.61. The van der Waals surface area contributed by atoms with E-state index in [2.05, 4.69) is 21.2 Å². The number of hydrogen-bond donors (Lipinski definition) is 2. The van der Waals surface area contributed by atoms with E-state index in [9.17, 15) is 5.11 Å². The molecule has 0 saturated heterocycles. The molecule has 21 heavy (non-hydrogen) atoms. The van der Waals surface area contributed by atoms with Crippen LogP contribution >= 0.6 is 27.5 Å². The van der Waals surface area contributed by atoms with E-state index < -0.39 is 6.10 Å². The van der Waals surface area contributed by atoms with E-state index >= 15 is 0 Å². The van der Waals surface area contributed by atoms with Crippen molar-refractivity contribution < 1.29 is 9.84 Å². The lowest BCUT2D eigenvalue weighted by atomic mass is 10.2. The first-order valence-corrected chi connectivity index (χ1v) is 7.78. The fourth-order valence-corrected chi connectivity index (χ4v) is 2.64. The number of aryl methyl sites for hydroxylation is 1. The molecule has 1 unspecified atom stereocenters. The third kappa shape index (κ3) is 5.23. The Kier molecular flexibility index (Phi) is 5.91. The van der Waals surface area contributed by atoms with Crippen LogP contribution in [0, 0.1) is 6.92 Å². The highest BCUT2D eigenvalue weighted by molar-refractivity contribution is 9.10. The number of rotatable bonds is 6. The molecule has 0 aliphatic rings. The number of halogens is 2. The van der Waals surface area contributed by atoms with Gasteiger partial charge in [0.2, 0.25) is 0 Å². The number of benzene rings is 2. The number of nitrogens with one attached hydrogen (secondary N) is 1. The van der Waals surface area contributed by atoms with Gasteiger partial charge in [0.05, 0.1) is 0 Å². The summed E-state index contributed by atoms with van der Waals surface area (Å²) in [6, 6.07) is 13.2. The molecule has 1 atom stereocenters. The first-order chi connectivity index (χ1) is 10.0. The van der Waals surface area contributed by atoms with E-state index in [1.54, 1.807) is 12.1 Å². The summed E-state index contributed by atoms with van der Waals surface area (Å²) in [5.74, 6) is 0.765. The van der Waals surface area contributed by atoms with Crippen molar-refractivity contribution in [3.8, 4) is 5.75 Å². The number of anilines is 1. The van der Waals surface area contributed by atoms with Crippen LogP contribution in [-0.4, -0.2) is 24.4 Å². The van der Waals surface area contributed by atoms with Gasteiger partial charge >= 0.3 is 0 Å². The Morgan fingerprint density at radius 3 is 2.81 bits per heavy atom. The van der Waals surface area contributed by atoms with Crippen LogP contribution < -0.4 is 10.1 Å². The predicted octanol–water partition coefficient (Wildman–Crippen LogP) is 4.26. The van der Waals surface area contributed by atoms with Crippen LogP contribution in [0.2, 0.25) is 5.02 Å². The van der Waals surface area contributed by atoms with Crippen molar-refractivity contribution in [1.82, 2.24) is 0 Å². The molecule has 0 heterocycles. The summed E-state index contributed by atoms with van der Waals surface area (Å²) in [5, 5.41) is 13.8. The molecule has 0 bridgehead atoms. The molecule has 0 radical (unpaired) electrons. The maximum Gasteiger partial charge on any atom is 0.119 e. The summed E-state index contributed by atoms with van der Waals surface area (Å²) < 4.78 is 6.43. The molecule has 3 nitrogen and oxygen atoms in total. The normalized spacial score (nSPS) is 12.0. The van der Waals surface area contributed by atoms with Crippen LogP contribution in [0.15, 0.2) is 46.9 Å². The molecule has 0 aliphatic heterocycles. The second kappa shape index (κ2) is 7.69. The van der Waals surface area contributed by atoms with E-state index in [0.29, 0.717) is 11.6 Å². The standard InChI is InChI=1S/C16H17BrClNO2/c1-11-3-2-4-14(7-11)21-10-13(20)9-19-16-6-5-12(18)8-15(16)17/h2-8,13,19-20H,9-10H2,1H3. The van der Waals surface area contributed by atoms with Gasteiger partial charge in [0, 0.05) is 21.7 Å². The average molecular weight is 371 g/mol. The lowest BCUT2D eigenvalue weighted by Gasteiger charge is -2.15. The molecule has 0 aromatic heterocycles. The summed E-state index contributed by atoms with van der Waals surface area (Å²) in [6.45, 7) is 2.64. The summed E-state index contributed by atoms with van der Waals surface area (Å²) in [4.78, 5) is 0. The summed E-state index contributed by atoms with van der Waals surface area (Å²) in [6.07, 6.45) is -0.604. The van der Waals surface area contributed by atoms with Crippen molar-refractivity contribution in [1.29, 1.82) is 0 Å². The Morgan fingerprint density at radius 2 is 2.10 bits per heavy atom. The maximum atomic E-state index is 9.96. The van der Waals surface area contributed by atoms with Crippen LogP contribution in [0.25, 0.3) is 0 Å². The topological polar surface area (TPSA) is 41.5 Å². The van der Waals surface area contributed by atoms with Crippen molar-refractivity contribution >= 4 is 33.2 Å². The zero-order valence-electron chi connectivity index (χ0n) is 11.6. The number of aliphatic hydroxyl groups excluding tert-OH is 1. The average Bonchev–Trinajstić information content (AvgIpc) is 2.44. The van der Waals surface area contributed by atoms with Crippen molar-refractivity contribution in [2.24, 2.45) is 0 Å². The molecule has 5 heteroatoms. The summed E-state index contributed by atoms with van der Waals surface area (Å²) in [5.41, 5.74) is 2.01. The molecule has 2 aromatic rings. The van der Waals surface area contributed by atoms with Gasteiger partial charge in [0.15, 0.2) is 0 Å². The van der Waals surface area contributed by atoms with Gasteiger partial charge in [-0.1, -0.05) is 23.7 Å². The number of ether oxygens (including phenoxy) is 1. The Hall–Kier alpha value is -1.23. The maximum absolute atomic E-state index is 9.96. The van der Waals surface area contributed by atoms with Crippen molar-refractivity contribution in [2.75, 3.05) is 18.5 Å². The van der Waals surface area contributed by atoms with Gasteiger partial charge < -0.3 is 15.2 Å². The minimum absolute atomic E-state index is 0.238. The molecule has 0 aliphatic carbocycles. The minimum atomic E-state index is -0.604. The second-order valence-corrected chi connectivity index (χ2v) is 6.08. The Labute approximate surface area is 138 Å². The van der Waals surface area contributed by atoms with Crippen LogP contribution in [-0.2, 0) is 0 Å². The molecule has 112 valence electrons. The van der Waals surface area contributed by atoms with Crippen molar-refractivity contribution in [3.05, 3.63) is 57.5 Å². The second-order valence-electron chi connectivity index (χ2n) is 4.79. The monoisotopic (exact) mass is 369 g/mol. The molecule has 2 N–H and O–H groups in total. The van der Waals surface area contributed by atoms with Crippen LogP contribution in [0.4, 0.5) is 5.69 Å². The first kappa shape index (κ1) is 16.1. The molecular formula is C16H17BrClNO2. The molecule has 2 rings (SSSR count). The molecule has 0 saturated carbocycles. The highest BCUT2D eigenvalue weighted by atomic mass is 79.9. The lowest BCUT2D eigenvalue weighted by Crippen LogP contribution is -2.26. The zero-order chi connectivity index (χ0) is 15.2. The van der Waals surface area contributed by atoms with Gasteiger partial charge in [-0.2, -0.15) is 0 Å². The fraction of sp³-hybridized carbons (Fsp3) is 0.250. The Balaban J connectivity index is 1.80. The fourth-order valence-electron chi connectivity index (χ4n) is 1.82. The van der Waals surface area contributed by atoms with E-state index in [4.69, 9.17) is 16.3 Å². The van der Waals surface area contributed by atoms with Gasteiger partial charge in [-0.15, -0.1) is 0 Å². The van der Waals surface area contributed by atoms with Gasteiger partial charge in [0.1, 0.15) is 18.5 Å². The van der Waals surface area contributed by atoms with Crippen LogP contribution in [0.5, 0.6) is 5.75 Å². The van der Waals surface area contributed by atoms with E-state index in [0.717, 1.165) is 21.5 Å². The van der Waals surface area contributed by atoms with Crippen LogP contribution in [0.3, 0.4) is 0 Å². The summed E-state index contributed by atoms with van der Waals surface area (Å²) in [7, 11) is 0. The molecule has 0 fully saturated rings. The van der Waals surface area contributed by atoms with Crippen LogP contribution in [0.1, 0.15) is 5.56 Å². The van der Waals surface area contributed by atoms with Gasteiger partial charge in [0.25, 0.3) is 0 Å². The van der Waals surface area contributed by atoms with Gasteiger partial charge in [-0.3, -0.25) is 0 Å². The molecule has 2 aromatic carbocycles. The largest absolute Gasteiger partial charge is 0.491 e. The molecule has 0 spiro atoms. The Bertz CT molecular complexity index is 607. The summed E-state index contributed by atoms with van der Waals surface area (Å²) >= 11 is 9.30. The van der Waals surface area contributed by atoms with Gasteiger partial charge in [-0.25, -0.2) is 0 Å². The SMILES string of the molecule is Cc1cccc(OCC(O)CNc2ccc(Cl)cc2Br)c1. The van der Waals surface area contributed by atoms with E-state index in [1.165, 1.54) is 0 Å². The predicted molar refractivity (Wildman–Crippen MR) is 90.3 cm³/mol. The molecule has 0 amide bonds. The van der Waals surface area contributed by atoms with E-state index in [-0.39, 0.29) is 6.61 Å². The van der Waals surface area contributed by atoms with E-state index in [1.807, 2.05) is 37.3 Å². The quantitative estimate of drug-likeness (QED) is 0.798. The number of aliphatic hydroxyl groups is 1. The van der Waals surface area contributed by atoms with Crippen molar-refractivity contribution in [3.63, 3.8) is 0 Å². The number of hydrogen-bond acceptors (Lipinski definition) is 3. The van der Waals surface area contributed by atoms with Crippen molar-refractivity contribution in [2.45, 2.75) is 13.0 Å². The minimum Gasteiger partial charge on any atom is -0.491 e. The highest BCUT2D eigenvalue weighted by Gasteiger charge is 2.07. The third-order valence-electron chi connectivity index (χ3n) is 2.89. The zero-order valence-corrected chi connectivity index (χ0v) is 14.0. The Morgan fingerprint density at radius 1 is 1.29 bits per heavy atom. The highest BCUT2D eigenvalue weighted by Crippen LogP contribution is 2.25. The van der Waals surface area contributed by atoms with Gasteiger partial charge in [-0.05, 0) is 58.7 Å².